The van der Waals surface area contributed by atoms with Crippen LogP contribution < -0.4 is 4.72 Å². The number of sulfonamides is 1. The van der Waals surface area contributed by atoms with Crippen molar-refractivity contribution in [1.29, 1.82) is 0 Å². The molecule has 1 fully saturated rings. The van der Waals surface area contributed by atoms with Crippen molar-refractivity contribution in [2.75, 3.05) is 46.6 Å². The fraction of sp³-hybridized carbons (Fsp3) is 0.533. The van der Waals surface area contributed by atoms with Gasteiger partial charge in [0.25, 0.3) is 5.91 Å². The molecule has 0 bridgehead atoms. The molecule has 0 aromatic heterocycles. The molecule has 0 spiro atoms. The Labute approximate surface area is 136 Å². The van der Waals surface area contributed by atoms with Crippen LogP contribution in [0.1, 0.15) is 15.9 Å². The van der Waals surface area contributed by atoms with Crippen LogP contribution in [0.2, 0.25) is 0 Å². The number of hydrogen-bond donors (Lipinski definition) is 1. The first-order valence-corrected chi connectivity index (χ1v) is 8.90. The highest BCUT2D eigenvalue weighted by atomic mass is 32.2. The molecule has 2 rings (SSSR count). The third kappa shape index (κ3) is 4.51. The first kappa shape index (κ1) is 17.9. The van der Waals surface area contributed by atoms with Crippen LogP contribution in [-0.4, -0.2) is 65.8 Å². The minimum absolute atomic E-state index is 0.0795. The molecule has 7 nitrogen and oxygen atoms in total. The number of methoxy groups -OCH3 is 1. The monoisotopic (exact) mass is 342 g/mol. The quantitative estimate of drug-likeness (QED) is 0.756. The summed E-state index contributed by atoms with van der Waals surface area (Å²) >= 11 is 0. The Balaban J connectivity index is 2.22. The lowest BCUT2D eigenvalue weighted by atomic mass is 10.1. The van der Waals surface area contributed by atoms with E-state index in [4.69, 9.17) is 9.47 Å². The molecule has 0 aliphatic carbocycles. The summed E-state index contributed by atoms with van der Waals surface area (Å²) in [6.45, 7) is 4.29. The van der Waals surface area contributed by atoms with Crippen molar-refractivity contribution in [2.24, 2.45) is 0 Å². The van der Waals surface area contributed by atoms with Crippen LogP contribution in [0.15, 0.2) is 23.1 Å². The number of hydrogen-bond acceptors (Lipinski definition) is 5. The zero-order chi connectivity index (χ0) is 16.9. The maximum Gasteiger partial charge on any atom is 0.254 e. The van der Waals surface area contributed by atoms with E-state index < -0.39 is 10.0 Å². The van der Waals surface area contributed by atoms with Crippen molar-refractivity contribution in [1.82, 2.24) is 9.62 Å². The summed E-state index contributed by atoms with van der Waals surface area (Å²) in [5, 5.41) is 0. The van der Waals surface area contributed by atoms with Crippen LogP contribution >= 0.6 is 0 Å². The number of carbonyl (C=O) groups is 1. The molecule has 0 saturated carbocycles. The standard InChI is InChI=1S/C15H22N2O5S/c1-12-3-4-13(23(19,20)16-5-8-21-2)11-14(12)15(18)17-6-9-22-10-7-17/h3-4,11,16H,5-10H2,1-2H3. The average molecular weight is 342 g/mol. The van der Waals surface area contributed by atoms with Crippen molar-refractivity contribution >= 4 is 15.9 Å². The molecule has 8 heteroatoms. The summed E-state index contributed by atoms with van der Waals surface area (Å²) in [6, 6.07) is 4.58. The average Bonchev–Trinajstić information content (AvgIpc) is 2.55. The van der Waals surface area contributed by atoms with E-state index in [0.29, 0.717) is 31.9 Å². The minimum Gasteiger partial charge on any atom is -0.383 e. The second-order valence-corrected chi connectivity index (χ2v) is 7.04. The zero-order valence-corrected chi connectivity index (χ0v) is 14.2. The van der Waals surface area contributed by atoms with Crippen LogP contribution in [0.25, 0.3) is 0 Å². The van der Waals surface area contributed by atoms with Crippen LogP contribution in [0.4, 0.5) is 0 Å². The summed E-state index contributed by atoms with van der Waals surface area (Å²) in [4.78, 5) is 14.4. The van der Waals surface area contributed by atoms with Crippen molar-refractivity contribution in [2.45, 2.75) is 11.8 Å². The third-order valence-electron chi connectivity index (χ3n) is 3.65. The van der Waals surface area contributed by atoms with E-state index >= 15 is 0 Å². The minimum atomic E-state index is -3.66. The maximum atomic E-state index is 12.6. The number of ether oxygens (including phenoxy) is 2. The summed E-state index contributed by atoms with van der Waals surface area (Å²) in [7, 11) is -2.16. The molecular formula is C15H22N2O5S. The molecule has 1 amide bonds. The maximum absolute atomic E-state index is 12.6. The molecule has 0 unspecified atom stereocenters. The molecule has 1 aromatic carbocycles. The number of rotatable bonds is 6. The Morgan fingerprint density at radius 2 is 2.04 bits per heavy atom. The molecule has 1 aliphatic heterocycles. The van der Waals surface area contributed by atoms with Crippen LogP contribution in [0, 0.1) is 6.92 Å². The number of aryl methyl sites for hydroxylation is 1. The summed E-state index contributed by atoms with van der Waals surface area (Å²) in [6.07, 6.45) is 0. The molecule has 0 atom stereocenters. The van der Waals surface area contributed by atoms with Gasteiger partial charge in [0.05, 0.1) is 24.7 Å². The van der Waals surface area contributed by atoms with Gasteiger partial charge in [-0.1, -0.05) is 6.07 Å². The van der Waals surface area contributed by atoms with E-state index in [-0.39, 0.29) is 24.0 Å². The third-order valence-corrected chi connectivity index (χ3v) is 5.11. The highest BCUT2D eigenvalue weighted by molar-refractivity contribution is 7.89. The molecule has 1 aliphatic rings. The molecule has 23 heavy (non-hydrogen) atoms. The van der Waals surface area contributed by atoms with E-state index in [1.54, 1.807) is 17.9 Å². The van der Waals surface area contributed by atoms with Gasteiger partial charge < -0.3 is 14.4 Å². The van der Waals surface area contributed by atoms with Gasteiger partial charge in [-0.25, -0.2) is 13.1 Å². The highest BCUT2D eigenvalue weighted by Crippen LogP contribution is 2.18. The van der Waals surface area contributed by atoms with Crippen LogP contribution in [-0.2, 0) is 19.5 Å². The lowest BCUT2D eigenvalue weighted by Crippen LogP contribution is -2.41. The van der Waals surface area contributed by atoms with Crippen LogP contribution in [0.3, 0.4) is 0 Å². The number of benzene rings is 1. The van der Waals surface area contributed by atoms with Crippen LogP contribution in [0.5, 0.6) is 0 Å². The lowest BCUT2D eigenvalue weighted by molar-refractivity contribution is 0.0302. The van der Waals surface area contributed by atoms with Crippen molar-refractivity contribution in [3.63, 3.8) is 0 Å². The molecule has 1 aromatic rings. The summed E-state index contributed by atoms with van der Waals surface area (Å²) in [5.41, 5.74) is 1.15. The lowest BCUT2D eigenvalue weighted by Gasteiger charge is -2.27. The van der Waals surface area contributed by atoms with E-state index in [1.165, 1.54) is 19.2 Å². The Morgan fingerprint density at radius 3 is 2.70 bits per heavy atom. The van der Waals surface area contributed by atoms with Crippen molar-refractivity contribution in [3.05, 3.63) is 29.3 Å². The van der Waals surface area contributed by atoms with E-state index in [0.717, 1.165) is 5.56 Å². The van der Waals surface area contributed by atoms with E-state index in [2.05, 4.69) is 4.72 Å². The van der Waals surface area contributed by atoms with Gasteiger partial charge in [-0.3, -0.25) is 4.79 Å². The van der Waals surface area contributed by atoms with Gasteiger partial charge >= 0.3 is 0 Å². The Kier molecular flexibility index (Phi) is 6.11. The molecule has 1 heterocycles. The molecular weight excluding hydrogens is 320 g/mol. The Hall–Kier alpha value is -1.48. The van der Waals surface area contributed by atoms with Gasteiger partial charge in [0.15, 0.2) is 0 Å². The van der Waals surface area contributed by atoms with Crippen molar-refractivity contribution < 1.29 is 22.7 Å². The topological polar surface area (TPSA) is 84.9 Å². The number of morpholine rings is 1. The first-order chi connectivity index (χ1) is 11.0. The van der Waals surface area contributed by atoms with Gasteiger partial charge in [-0.15, -0.1) is 0 Å². The van der Waals surface area contributed by atoms with Gasteiger partial charge in [-0.2, -0.15) is 0 Å². The number of nitrogens with one attached hydrogen (secondary N) is 1. The normalized spacial score (nSPS) is 15.7. The summed E-state index contributed by atoms with van der Waals surface area (Å²) in [5.74, 6) is -0.167. The number of amides is 1. The molecule has 0 radical (unpaired) electrons. The second-order valence-electron chi connectivity index (χ2n) is 5.27. The molecule has 1 saturated heterocycles. The van der Waals surface area contributed by atoms with E-state index in [9.17, 15) is 13.2 Å². The number of carbonyl (C=O) groups excluding carboxylic acids is 1. The largest absolute Gasteiger partial charge is 0.383 e. The first-order valence-electron chi connectivity index (χ1n) is 7.42. The Bertz CT molecular complexity index is 654. The Morgan fingerprint density at radius 1 is 1.35 bits per heavy atom. The fourth-order valence-electron chi connectivity index (χ4n) is 2.30. The second kappa shape index (κ2) is 7.87. The SMILES string of the molecule is COCCNS(=O)(=O)c1ccc(C)c(C(=O)N2CCOCC2)c1. The molecule has 128 valence electrons. The number of nitrogens with zero attached hydrogens (tertiary/aromatic N) is 1. The van der Waals surface area contributed by atoms with Gasteiger partial charge in [0.1, 0.15) is 0 Å². The highest BCUT2D eigenvalue weighted by Gasteiger charge is 2.22. The van der Waals surface area contributed by atoms with Crippen molar-refractivity contribution in [3.8, 4) is 0 Å². The summed E-state index contributed by atoms with van der Waals surface area (Å²) < 4.78 is 37.0. The molecule has 1 N–H and O–H groups in total. The zero-order valence-electron chi connectivity index (χ0n) is 13.4. The van der Waals surface area contributed by atoms with Gasteiger partial charge in [0.2, 0.25) is 10.0 Å². The van der Waals surface area contributed by atoms with E-state index in [1.807, 2.05) is 0 Å². The fourth-order valence-corrected chi connectivity index (χ4v) is 3.34. The predicted molar refractivity (Wildman–Crippen MR) is 85.0 cm³/mol. The predicted octanol–water partition coefficient (Wildman–Crippen LogP) is 0.392. The van der Waals surface area contributed by atoms with Gasteiger partial charge in [0, 0.05) is 32.3 Å². The van der Waals surface area contributed by atoms with Gasteiger partial charge in [-0.05, 0) is 24.6 Å². The smallest absolute Gasteiger partial charge is 0.254 e.